The number of aryl methyl sites for hydroxylation is 1. The molecule has 0 bridgehead atoms. The Bertz CT molecular complexity index is 718. The molecule has 0 spiro atoms. The Labute approximate surface area is 142 Å². The van der Waals surface area contributed by atoms with Crippen molar-refractivity contribution in [2.24, 2.45) is 0 Å². The second-order valence-corrected chi connectivity index (χ2v) is 5.77. The van der Waals surface area contributed by atoms with Gasteiger partial charge in [0, 0.05) is 18.3 Å². The Morgan fingerprint density at radius 1 is 1.13 bits per heavy atom. The lowest BCUT2D eigenvalue weighted by atomic mass is 10.0. The number of hydrogen-bond donors (Lipinski definition) is 1. The quantitative estimate of drug-likeness (QED) is 0.866. The molecule has 4 nitrogen and oxygen atoms in total. The topological polar surface area (TPSA) is 33.7 Å². The second kappa shape index (κ2) is 6.87. The molecule has 0 atom stereocenters. The summed E-state index contributed by atoms with van der Waals surface area (Å²) < 4.78 is 10.7. The fourth-order valence-corrected chi connectivity index (χ4v) is 3.14. The van der Waals surface area contributed by atoms with Gasteiger partial charge >= 0.3 is 0 Å². The summed E-state index contributed by atoms with van der Waals surface area (Å²) in [6.45, 7) is 0.912. The van der Waals surface area contributed by atoms with Crippen molar-refractivity contribution in [2.45, 2.75) is 12.8 Å². The van der Waals surface area contributed by atoms with Gasteiger partial charge in [-0.1, -0.05) is 18.2 Å². The molecule has 2 aromatic rings. The van der Waals surface area contributed by atoms with Crippen LogP contribution in [0.4, 0.5) is 11.4 Å². The third-order valence-corrected chi connectivity index (χ3v) is 4.33. The van der Waals surface area contributed by atoms with E-state index in [2.05, 4.69) is 28.4 Å². The lowest BCUT2D eigenvalue weighted by Crippen LogP contribution is -2.38. The molecular weight excluding hydrogens is 308 g/mol. The fraction of sp³-hybridized carbons (Fsp3) is 0.278. The Kier molecular flexibility index (Phi) is 4.67. The molecule has 1 N–H and O–H groups in total. The smallest absolute Gasteiger partial charge is 0.178 e. The molecule has 0 unspecified atom stereocenters. The predicted octanol–water partition coefficient (Wildman–Crippen LogP) is 3.85. The van der Waals surface area contributed by atoms with E-state index in [1.807, 2.05) is 24.3 Å². The van der Waals surface area contributed by atoms with Crippen molar-refractivity contribution in [3.05, 3.63) is 48.0 Å². The van der Waals surface area contributed by atoms with Crippen LogP contribution < -0.4 is 19.7 Å². The van der Waals surface area contributed by atoms with Crippen molar-refractivity contribution < 1.29 is 9.47 Å². The normalized spacial score (nSPS) is 13.2. The molecule has 0 saturated carbocycles. The summed E-state index contributed by atoms with van der Waals surface area (Å²) in [6.07, 6.45) is 2.19. The van der Waals surface area contributed by atoms with Crippen LogP contribution in [0.15, 0.2) is 42.5 Å². The average Bonchev–Trinajstić information content (AvgIpc) is 2.61. The summed E-state index contributed by atoms with van der Waals surface area (Å²) in [7, 11) is 3.29. The third-order valence-electron chi connectivity index (χ3n) is 4.00. The van der Waals surface area contributed by atoms with E-state index < -0.39 is 0 Å². The van der Waals surface area contributed by atoms with Crippen LogP contribution in [0.3, 0.4) is 0 Å². The number of hydrogen-bond acceptors (Lipinski definition) is 3. The van der Waals surface area contributed by atoms with Gasteiger partial charge in [0.05, 0.1) is 19.9 Å². The fourth-order valence-electron chi connectivity index (χ4n) is 2.84. The summed E-state index contributed by atoms with van der Waals surface area (Å²) in [4.78, 5) is 2.15. The summed E-state index contributed by atoms with van der Waals surface area (Å²) in [6, 6.07) is 14.0. The molecule has 23 heavy (non-hydrogen) atoms. The molecule has 5 heteroatoms. The van der Waals surface area contributed by atoms with Gasteiger partial charge in [-0.15, -0.1) is 0 Å². The van der Waals surface area contributed by atoms with Crippen LogP contribution in [-0.2, 0) is 6.42 Å². The third kappa shape index (κ3) is 3.24. The predicted molar refractivity (Wildman–Crippen MR) is 97.9 cm³/mol. The van der Waals surface area contributed by atoms with E-state index in [1.54, 1.807) is 14.2 Å². The molecule has 0 saturated heterocycles. The summed E-state index contributed by atoms with van der Waals surface area (Å²) in [5, 5.41) is 3.97. The van der Waals surface area contributed by atoms with E-state index in [9.17, 15) is 0 Å². The van der Waals surface area contributed by atoms with Gasteiger partial charge < -0.3 is 19.7 Å². The summed E-state index contributed by atoms with van der Waals surface area (Å²) in [5.74, 6) is 1.49. The number of fused-ring (bicyclic) bond motifs is 1. The Morgan fingerprint density at radius 3 is 2.74 bits per heavy atom. The Balaban J connectivity index is 1.86. The zero-order valence-electron chi connectivity index (χ0n) is 13.3. The molecule has 0 radical (unpaired) electrons. The van der Waals surface area contributed by atoms with E-state index >= 15 is 0 Å². The first-order valence-corrected chi connectivity index (χ1v) is 8.02. The molecule has 0 aromatic heterocycles. The van der Waals surface area contributed by atoms with Gasteiger partial charge in [0.15, 0.2) is 5.11 Å². The molecule has 2 aromatic carbocycles. The van der Waals surface area contributed by atoms with Crippen LogP contribution in [0.25, 0.3) is 0 Å². The van der Waals surface area contributed by atoms with E-state index in [-0.39, 0.29) is 0 Å². The van der Waals surface area contributed by atoms with E-state index in [1.165, 1.54) is 11.3 Å². The highest BCUT2D eigenvalue weighted by Crippen LogP contribution is 2.31. The minimum absolute atomic E-state index is 0.670. The number of nitrogens with zero attached hydrogens (tertiary/aromatic N) is 1. The number of thiocarbonyl (C=S) groups is 1. The van der Waals surface area contributed by atoms with Gasteiger partial charge in [-0.2, -0.15) is 0 Å². The number of benzene rings is 2. The van der Waals surface area contributed by atoms with Crippen molar-refractivity contribution in [1.29, 1.82) is 0 Å². The molecule has 0 amide bonds. The van der Waals surface area contributed by atoms with Gasteiger partial charge in [0.2, 0.25) is 0 Å². The number of ether oxygens (including phenoxy) is 2. The lowest BCUT2D eigenvalue weighted by Gasteiger charge is -2.32. The average molecular weight is 328 g/mol. The van der Waals surface area contributed by atoms with E-state index in [0.29, 0.717) is 5.11 Å². The van der Waals surface area contributed by atoms with Gasteiger partial charge in [-0.05, 0) is 48.8 Å². The van der Waals surface area contributed by atoms with Gasteiger partial charge in [-0.25, -0.2) is 0 Å². The first kappa shape index (κ1) is 15.6. The zero-order chi connectivity index (χ0) is 16.2. The molecule has 1 heterocycles. The van der Waals surface area contributed by atoms with Crippen LogP contribution in [0.1, 0.15) is 12.0 Å². The standard InChI is InChI=1S/C18H20N2O2S/c1-21-14-9-10-17(22-2)15(12-14)19-18(23)20-11-5-7-13-6-3-4-8-16(13)20/h3-4,6,8-10,12H,5,7,11H2,1-2H3,(H,19,23). The summed E-state index contributed by atoms with van der Waals surface area (Å²) >= 11 is 5.64. The number of anilines is 2. The number of rotatable bonds is 3. The summed E-state index contributed by atoms with van der Waals surface area (Å²) in [5.41, 5.74) is 3.32. The molecule has 1 aliphatic rings. The van der Waals surface area contributed by atoms with Crippen LogP contribution in [-0.4, -0.2) is 25.9 Å². The maximum Gasteiger partial charge on any atom is 0.178 e. The monoisotopic (exact) mass is 328 g/mol. The van der Waals surface area contributed by atoms with E-state index in [4.69, 9.17) is 21.7 Å². The van der Waals surface area contributed by atoms with Crippen LogP contribution in [0, 0.1) is 0 Å². The highest BCUT2D eigenvalue weighted by Gasteiger charge is 2.20. The lowest BCUT2D eigenvalue weighted by molar-refractivity contribution is 0.405. The highest BCUT2D eigenvalue weighted by molar-refractivity contribution is 7.80. The van der Waals surface area contributed by atoms with Gasteiger partial charge in [0.1, 0.15) is 11.5 Å². The van der Waals surface area contributed by atoms with Crippen molar-refractivity contribution in [1.82, 2.24) is 0 Å². The van der Waals surface area contributed by atoms with E-state index in [0.717, 1.165) is 36.6 Å². The number of para-hydroxylation sites is 1. The SMILES string of the molecule is COc1ccc(OC)c(NC(=S)N2CCCc3ccccc32)c1. The van der Waals surface area contributed by atoms with Crippen molar-refractivity contribution in [3.63, 3.8) is 0 Å². The maximum absolute atomic E-state index is 5.64. The first-order chi connectivity index (χ1) is 11.2. The Morgan fingerprint density at radius 2 is 1.96 bits per heavy atom. The minimum atomic E-state index is 0.670. The molecule has 1 aliphatic heterocycles. The molecule has 0 aliphatic carbocycles. The van der Waals surface area contributed by atoms with Gasteiger partial charge in [0.25, 0.3) is 0 Å². The van der Waals surface area contributed by atoms with Crippen LogP contribution in [0.2, 0.25) is 0 Å². The van der Waals surface area contributed by atoms with Crippen molar-refractivity contribution in [2.75, 3.05) is 31.0 Å². The number of methoxy groups -OCH3 is 2. The molecule has 3 rings (SSSR count). The van der Waals surface area contributed by atoms with Crippen molar-refractivity contribution in [3.8, 4) is 11.5 Å². The van der Waals surface area contributed by atoms with Crippen LogP contribution >= 0.6 is 12.2 Å². The zero-order valence-corrected chi connectivity index (χ0v) is 14.2. The minimum Gasteiger partial charge on any atom is -0.497 e. The molecule has 120 valence electrons. The van der Waals surface area contributed by atoms with Crippen LogP contribution in [0.5, 0.6) is 11.5 Å². The second-order valence-electron chi connectivity index (χ2n) is 5.38. The maximum atomic E-state index is 5.64. The number of nitrogens with one attached hydrogen (secondary N) is 1. The first-order valence-electron chi connectivity index (χ1n) is 7.61. The van der Waals surface area contributed by atoms with Crippen molar-refractivity contribution >= 4 is 28.7 Å². The van der Waals surface area contributed by atoms with Gasteiger partial charge in [-0.3, -0.25) is 0 Å². The largest absolute Gasteiger partial charge is 0.497 e. The Hall–Kier alpha value is -2.27. The molecular formula is C18H20N2O2S. The highest BCUT2D eigenvalue weighted by atomic mass is 32.1. The molecule has 0 fully saturated rings.